The largest absolute Gasteiger partial charge is 0.511 e. The van der Waals surface area contributed by atoms with Gasteiger partial charge in [0.05, 0.1) is 12.2 Å². The number of ether oxygens (including phenoxy) is 1. The third kappa shape index (κ3) is 5.92. The van der Waals surface area contributed by atoms with Crippen LogP contribution in [0.25, 0.3) is 11.1 Å². The van der Waals surface area contributed by atoms with Gasteiger partial charge in [-0.25, -0.2) is 9.59 Å². The normalized spacial score (nSPS) is 11.2. The summed E-state index contributed by atoms with van der Waals surface area (Å²) in [6.45, 7) is 6.83. The van der Waals surface area contributed by atoms with Crippen LogP contribution in [0.2, 0.25) is 0 Å². The molecule has 6 nitrogen and oxygen atoms in total. The molecule has 0 saturated heterocycles. The molecule has 0 aliphatic carbocycles. The molecule has 0 spiro atoms. The van der Waals surface area contributed by atoms with Crippen molar-refractivity contribution in [2.24, 2.45) is 5.92 Å². The van der Waals surface area contributed by atoms with E-state index in [4.69, 9.17) is 9.84 Å². The maximum Gasteiger partial charge on any atom is 0.511 e. The number of halogens is 1. The highest BCUT2D eigenvalue weighted by Gasteiger charge is 2.20. The van der Waals surface area contributed by atoms with Crippen molar-refractivity contribution >= 4 is 6.16 Å². The van der Waals surface area contributed by atoms with Crippen molar-refractivity contribution in [3.05, 3.63) is 76.2 Å². The van der Waals surface area contributed by atoms with E-state index in [0.717, 1.165) is 30.4 Å². The second kappa shape index (κ2) is 11.0. The second-order valence-corrected chi connectivity index (χ2v) is 8.60. The fourth-order valence-corrected chi connectivity index (χ4v) is 3.81. The highest BCUT2D eigenvalue weighted by atomic mass is 19.1. The summed E-state index contributed by atoms with van der Waals surface area (Å²) in [4.78, 5) is 24.0. The fourth-order valence-electron chi connectivity index (χ4n) is 3.81. The monoisotopic (exact) mass is 454 g/mol. The Morgan fingerprint density at radius 2 is 1.79 bits per heavy atom. The van der Waals surface area contributed by atoms with Gasteiger partial charge in [0.15, 0.2) is 0 Å². The molecule has 0 saturated carbocycles. The van der Waals surface area contributed by atoms with Crippen LogP contribution in [-0.2, 0) is 19.5 Å². The minimum absolute atomic E-state index is 0.250. The number of unbranched alkanes of at least 4 members (excludes halogenated alkanes) is 1. The summed E-state index contributed by atoms with van der Waals surface area (Å²) in [7, 11) is 0. The van der Waals surface area contributed by atoms with Gasteiger partial charge in [0, 0.05) is 12.1 Å². The predicted octanol–water partition coefficient (Wildman–Crippen LogP) is 5.95. The Morgan fingerprint density at radius 1 is 1.09 bits per heavy atom. The second-order valence-electron chi connectivity index (χ2n) is 8.60. The number of imidazole rings is 1. The van der Waals surface area contributed by atoms with Gasteiger partial charge in [0.2, 0.25) is 5.95 Å². The Kier molecular flexibility index (Phi) is 8.09. The van der Waals surface area contributed by atoms with E-state index < -0.39 is 12.1 Å². The average Bonchev–Trinajstić information content (AvgIpc) is 3.00. The number of carboxylic acid groups (broad SMARTS) is 1. The topological polar surface area (TPSA) is 73.5 Å². The lowest BCUT2D eigenvalue weighted by Crippen LogP contribution is -2.26. The van der Waals surface area contributed by atoms with Crippen LogP contribution in [0.1, 0.15) is 51.3 Å². The summed E-state index contributed by atoms with van der Waals surface area (Å²) < 4.78 is 22.8. The van der Waals surface area contributed by atoms with E-state index in [-0.39, 0.29) is 18.0 Å². The SMILES string of the molecule is CCCCn1c(F)c(CCC(C)C)n(Cc2ccc(-c3ccccc3OC(=O)O)cc2)c1=O. The molecule has 0 bridgehead atoms. The molecule has 2 aromatic carbocycles. The molecule has 33 heavy (non-hydrogen) atoms. The lowest BCUT2D eigenvalue weighted by Gasteiger charge is -2.11. The molecular formula is C26H31FN2O4. The van der Waals surface area contributed by atoms with Crippen molar-refractivity contribution < 1.29 is 19.0 Å². The quantitative estimate of drug-likeness (QED) is 0.303. The van der Waals surface area contributed by atoms with Crippen molar-refractivity contribution in [3.8, 4) is 16.9 Å². The van der Waals surface area contributed by atoms with E-state index in [1.807, 2.05) is 31.2 Å². The van der Waals surface area contributed by atoms with Crippen LogP contribution in [-0.4, -0.2) is 20.4 Å². The molecule has 0 radical (unpaired) electrons. The number of aromatic nitrogens is 2. The Labute approximate surface area is 193 Å². The molecule has 0 aliphatic heterocycles. The van der Waals surface area contributed by atoms with E-state index in [1.54, 1.807) is 28.8 Å². The first-order chi connectivity index (χ1) is 15.8. The Morgan fingerprint density at radius 3 is 2.42 bits per heavy atom. The number of nitrogens with zero attached hydrogens (tertiary/aromatic N) is 2. The van der Waals surface area contributed by atoms with E-state index in [2.05, 4.69) is 13.8 Å². The number of hydrogen-bond donors (Lipinski definition) is 1. The van der Waals surface area contributed by atoms with Crippen molar-refractivity contribution in [3.63, 3.8) is 0 Å². The van der Waals surface area contributed by atoms with E-state index in [1.165, 1.54) is 4.57 Å². The Hall–Kier alpha value is -3.35. The molecule has 0 fully saturated rings. The van der Waals surface area contributed by atoms with Gasteiger partial charge in [-0.15, -0.1) is 0 Å². The van der Waals surface area contributed by atoms with Crippen molar-refractivity contribution in [2.75, 3.05) is 0 Å². The van der Waals surface area contributed by atoms with Crippen molar-refractivity contribution in [2.45, 2.75) is 59.5 Å². The summed E-state index contributed by atoms with van der Waals surface area (Å²) >= 11 is 0. The Bertz CT molecular complexity index is 1150. The van der Waals surface area contributed by atoms with Crippen LogP contribution >= 0.6 is 0 Å². The molecule has 0 unspecified atom stereocenters. The van der Waals surface area contributed by atoms with Gasteiger partial charge in [0.1, 0.15) is 5.75 Å². The smallest absolute Gasteiger partial charge is 0.449 e. The first kappa shape index (κ1) is 24.3. The minimum atomic E-state index is -1.37. The third-order valence-corrected chi connectivity index (χ3v) is 5.65. The third-order valence-electron chi connectivity index (χ3n) is 5.65. The van der Waals surface area contributed by atoms with Gasteiger partial charge in [0.25, 0.3) is 0 Å². The molecule has 1 N–H and O–H groups in total. The lowest BCUT2D eigenvalue weighted by molar-refractivity contribution is 0.144. The van der Waals surface area contributed by atoms with E-state index in [9.17, 15) is 9.59 Å². The summed E-state index contributed by atoms with van der Waals surface area (Å²) in [5.74, 6) is 0.227. The number of hydrogen-bond acceptors (Lipinski definition) is 3. The zero-order valence-corrected chi connectivity index (χ0v) is 19.4. The molecule has 1 aromatic heterocycles. The maximum absolute atomic E-state index is 15.1. The number of para-hydroxylation sites is 1. The standard InChI is InChI=1S/C26H31FN2O4/c1-4-5-16-28-24(27)22(15-10-18(2)3)29(25(28)30)17-19-11-13-20(14-12-19)21-8-6-7-9-23(21)33-26(31)32/h6-9,11-14,18H,4-5,10,15-17H2,1-3H3,(H,31,32). The van der Waals surface area contributed by atoms with E-state index >= 15 is 4.39 Å². The molecule has 0 aliphatic rings. The van der Waals surface area contributed by atoms with Gasteiger partial charge < -0.3 is 9.84 Å². The molecule has 176 valence electrons. The molecule has 3 aromatic rings. The molecule has 3 rings (SSSR count). The van der Waals surface area contributed by atoms with Gasteiger partial charge in [-0.1, -0.05) is 69.7 Å². The zero-order valence-electron chi connectivity index (χ0n) is 19.4. The lowest BCUT2D eigenvalue weighted by atomic mass is 10.0. The number of rotatable bonds is 10. The molecular weight excluding hydrogens is 423 g/mol. The van der Waals surface area contributed by atoms with Crippen molar-refractivity contribution in [1.29, 1.82) is 0 Å². The van der Waals surface area contributed by atoms with Gasteiger partial charge >= 0.3 is 11.8 Å². The maximum atomic E-state index is 15.1. The van der Waals surface area contributed by atoms with Crippen LogP contribution in [0, 0.1) is 11.9 Å². The molecule has 7 heteroatoms. The van der Waals surface area contributed by atoms with Crippen LogP contribution in [0.5, 0.6) is 5.75 Å². The minimum Gasteiger partial charge on any atom is -0.449 e. The molecule has 0 amide bonds. The number of benzene rings is 2. The van der Waals surface area contributed by atoms with Gasteiger partial charge in [-0.3, -0.25) is 9.13 Å². The first-order valence-corrected chi connectivity index (χ1v) is 11.4. The van der Waals surface area contributed by atoms with Crippen LogP contribution in [0.3, 0.4) is 0 Å². The summed E-state index contributed by atoms with van der Waals surface area (Å²) in [6.07, 6.45) is 1.56. The molecule has 0 atom stereocenters. The average molecular weight is 455 g/mol. The summed E-state index contributed by atoms with van der Waals surface area (Å²) in [5, 5.41) is 8.97. The fraction of sp³-hybridized carbons (Fsp3) is 0.385. The predicted molar refractivity (Wildman–Crippen MR) is 126 cm³/mol. The summed E-state index contributed by atoms with van der Waals surface area (Å²) in [5.41, 5.74) is 2.43. The van der Waals surface area contributed by atoms with Crippen LogP contribution in [0.4, 0.5) is 9.18 Å². The van der Waals surface area contributed by atoms with Crippen molar-refractivity contribution in [1.82, 2.24) is 9.13 Å². The Balaban J connectivity index is 1.91. The highest BCUT2D eigenvalue weighted by Crippen LogP contribution is 2.30. The zero-order chi connectivity index (χ0) is 24.0. The summed E-state index contributed by atoms with van der Waals surface area (Å²) in [6, 6.07) is 14.3. The van der Waals surface area contributed by atoms with Gasteiger partial charge in [-0.05, 0) is 42.4 Å². The van der Waals surface area contributed by atoms with Gasteiger partial charge in [-0.2, -0.15) is 4.39 Å². The van der Waals surface area contributed by atoms with E-state index in [0.29, 0.717) is 30.1 Å². The van der Waals surface area contributed by atoms with Crippen LogP contribution < -0.4 is 10.4 Å². The number of carbonyl (C=O) groups is 1. The molecule has 1 heterocycles. The highest BCUT2D eigenvalue weighted by molar-refractivity contribution is 5.74. The first-order valence-electron chi connectivity index (χ1n) is 11.4. The van der Waals surface area contributed by atoms with Crippen LogP contribution in [0.15, 0.2) is 53.3 Å².